The summed E-state index contributed by atoms with van der Waals surface area (Å²) in [6.45, 7) is 5.03. The molecule has 0 saturated carbocycles. The molecule has 1 aliphatic rings. The van der Waals surface area contributed by atoms with Crippen LogP contribution in [0.4, 0.5) is 5.69 Å². The number of nitrogens with zero attached hydrogens (tertiary/aromatic N) is 1. The first-order chi connectivity index (χ1) is 12.6. The maximum absolute atomic E-state index is 12.9. The van der Waals surface area contributed by atoms with Gasteiger partial charge in [0.05, 0.1) is 6.61 Å². The lowest BCUT2D eigenvalue weighted by Crippen LogP contribution is -2.44. The fraction of sp³-hybridized carbons (Fsp3) is 0.333. The lowest BCUT2D eigenvalue weighted by atomic mass is 10.1. The van der Waals surface area contributed by atoms with Crippen LogP contribution in [0.15, 0.2) is 48.5 Å². The Kier molecular flexibility index (Phi) is 5.56. The number of carbonyl (C=O) groups is 2. The Hall–Kier alpha value is -2.82. The number of ether oxygens (including phenoxy) is 1. The second kappa shape index (κ2) is 8.04. The minimum atomic E-state index is -0.480. The minimum absolute atomic E-state index is 0.0686. The molecule has 3 rings (SSSR count). The number of hydrogen-bond donors (Lipinski definition) is 1. The van der Waals surface area contributed by atoms with E-state index in [1.807, 2.05) is 62.4 Å². The van der Waals surface area contributed by atoms with Gasteiger partial charge >= 0.3 is 0 Å². The summed E-state index contributed by atoms with van der Waals surface area (Å²) in [6, 6.07) is 14.3. The van der Waals surface area contributed by atoms with Crippen LogP contribution in [0, 0.1) is 0 Å². The number of anilines is 1. The summed E-state index contributed by atoms with van der Waals surface area (Å²) in [5.74, 6) is 0.541. The van der Waals surface area contributed by atoms with Crippen molar-refractivity contribution in [3.63, 3.8) is 0 Å². The van der Waals surface area contributed by atoms with E-state index in [1.165, 1.54) is 0 Å². The van der Waals surface area contributed by atoms with Crippen LogP contribution in [0.25, 0.3) is 0 Å². The van der Waals surface area contributed by atoms with Crippen molar-refractivity contribution in [1.29, 1.82) is 0 Å². The standard InChI is InChI=1S/C21H24N2O3/c1-3-7-19(23-14-15-8-5-6-9-18(15)21(23)25)20(24)22-16-10-12-17(13-11-16)26-4-2/h5-6,8-13,19H,3-4,7,14H2,1-2H3,(H,22,24). The molecule has 5 nitrogen and oxygen atoms in total. The maximum Gasteiger partial charge on any atom is 0.255 e. The van der Waals surface area contributed by atoms with E-state index in [1.54, 1.807) is 4.90 Å². The van der Waals surface area contributed by atoms with Crippen molar-refractivity contribution in [2.75, 3.05) is 11.9 Å². The summed E-state index contributed by atoms with van der Waals surface area (Å²) in [6.07, 6.45) is 1.45. The van der Waals surface area contributed by atoms with E-state index in [0.717, 1.165) is 17.7 Å². The summed E-state index contributed by atoms with van der Waals surface area (Å²) in [7, 11) is 0. The summed E-state index contributed by atoms with van der Waals surface area (Å²) < 4.78 is 5.42. The van der Waals surface area contributed by atoms with Gasteiger partial charge in [-0.15, -0.1) is 0 Å². The van der Waals surface area contributed by atoms with Gasteiger partial charge in [-0.3, -0.25) is 9.59 Å². The lowest BCUT2D eigenvalue weighted by molar-refractivity contribution is -0.120. The fourth-order valence-electron chi connectivity index (χ4n) is 3.26. The molecule has 136 valence electrons. The molecule has 1 N–H and O–H groups in total. The van der Waals surface area contributed by atoms with Crippen LogP contribution < -0.4 is 10.1 Å². The number of fused-ring (bicyclic) bond motifs is 1. The molecule has 2 aromatic carbocycles. The quantitative estimate of drug-likeness (QED) is 0.823. The first-order valence-electron chi connectivity index (χ1n) is 9.06. The van der Waals surface area contributed by atoms with Crippen LogP contribution in [-0.2, 0) is 11.3 Å². The smallest absolute Gasteiger partial charge is 0.255 e. The van der Waals surface area contributed by atoms with Gasteiger partial charge in [0, 0.05) is 17.8 Å². The number of amides is 2. The van der Waals surface area contributed by atoms with Crippen LogP contribution in [0.2, 0.25) is 0 Å². The zero-order valence-electron chi connectivity index (χ0n) is 15.2. The van der Waals surface area contributed by atoms with E-state index in [-0.39, 0.29) is 11.8 Å². The van der Waals surface area contributed by atoms with Crippen LogP contribution in [0.3, 0.4) is 0 Å². The van der Waals surface area contributed by atoms with Crippen molar-refractivity contribution in [3.8, 4) is 5.75 Å². The third-order valence-electron chi connectivity index (χ3n) is 4.52. The van der Waals surface area contributed by atoms with E-state index in [0.29, 0.717) is 30.8 Å². The zero-order valence-corrected chi connectivity index (χ0v) is 15.2. The molecule has 1 atom stereocenters. The minimum Gasteiger partial charge on any atom is -0.494 e. The largest absolute Gasteiger partial charge is 0.494 e. The molecular weight excluding hydrogens is 328 g/mol. The average molecular weight is 352 g/mol. The first-order valence-corrected chi connectivity index (χ1v) is 9.06. The van der Waals surface area contributed by atoms with Crippen LogP contribution in [0.5, 0.6) is 5.75 Å². The van der Waals surface area contributed by atoms with E-state index in [2.05, 4.69) is 5.32 Å². The summed E-state index contributed by atoms with van der Waals surface area (Å²) in [4.78, 5) is 27.3. The summed E-state index contributed by atoms with van der Waals surface area (Å²) in [5.41, 5.74) is 2.37. The molecule has 0 aromatic heterocycles. The predicted molar refractivity (Wildman–Crippen MR) is 101 cm³/mol. The topological polar surface area (TPSA) is 58.6 Å². The van der Waals surface area contributed by atoms with Gasteiger partial charge in [-0.05, 0) is 49.2 Å². The van der Waals surface area contributed by atoms with Gasteiger partial charge in [0.25, 0.3) is 5.91 Å². The van der Waals surface area contributed by atoms with Crippen molar-refractivity contribution in [3.05, 3.63) is 59.7 Å². The highest BCUT2D eigenvalue weighted by Gasteiger charge is 2.35. The Labute approximate surface area is 154 Å². The Morgan fingerprint density at radius 1 is 1.15 bits per heavy atom. The SMILES string of the molecule is CCCC(C(=O)Nc1ccc(OCC)cc1)N1Cc2ccccc2C1=O. The third-order valence-corrected chi connectivity index (χ3v) is 4.52. The van der Waals surface area contributed by atoms with E-state index >= 15 is 0 Å². The first kappa shape index (κ1) is 18.0. The highest BCUT2D eigenvalue weighted by atomic mass is 16.5. The molecule has 0 aliphatic carbocycles. The van der Waals surface area contributed by atoms with Gasteiger partial charge < -0.3 is 15.0 Å². The van der Waals surface area contributed by atoms with Crippen molar-refractivity contribution in [2.24, 2.45) is 0 Å². The number of benzene rings is 2. The second-order valence-electron chi connectivity index (χ2n) is 6.34. The van der Waals surface area contributed by atoms with Gasteiger partial charge in [0.15, 0.2) is 0 Å². The Morgan fingerprint density at radius 2 is 1.88 bits per heavy atom. The highest BCUT2D eigenvalue weighted by Crippen LogP contribution is 2.26. The third kappa shape index (κ3) is 3.72. The van der Waals surface area contributed by atoms with Crippen LogP contribution >= 0.6 is 0 Å². The summed E-state index contributed by atoms with van der Waals surface area (Å²) >= 11 is 0. The van der Waals surface area contributed by atoms with E-state index in [4.69, 9.17) is 4.74 Å². The van der Waals surface area contributed by atoms with E-state index < -0.39 is 6.04 Å². The molecule has 0 bridgehead atoms. The van der Waals surface area contributed by atoms with E-state index in [9.17, 15) is 9.59 Å². The van der Waals surface area contributed by atoms with Crippen molar-refractivity contribution in [1.82, 2.24) is 4.90 Å². The van der Waals surface area contributed by atoms with Crippen LogP contribution in [0.1, 0.15) is 42.6 Å². The molecule has 0 spiro atoms. The molecule has 0 saturated heterocycles. The lowest BCUT2D eigenvalue weighted by Gasteiger charge is -2.26. The van der Waals surface area contributed by atoms with Gasteiger partial charge in [-0.25, -0.2) is 0 Å². The summed E-state index contributed by atoms with van der Waals surface area (Å²) in [5, 5.41) is 2.93. The molecule has 1 unspecified atom stereocenters. The molecule has 1 aliphatic heterocycles. The van der Waals surface area contributed by atoms with Gasteiger partial charge in [0.2, 0.25) is 5.91 Å². The van der Waals surface area contributed by atoms with Gasteiger partial charge in [-0.2, -0.15) is 0 Å². The normalized spacial score (nSPS) is 14.1. The molecule has 0 fully saturated rings. The van der Waals surface area contributed by atoms with Crippen LogP contribution in [-0.4, -0.2) is 29.4 Å². The molecular formula is C21H24N2O3. The Bertz CT molecular complexity index is 786. The molecule has 0 radical (unpaired) electrons. The van der Waals surface area contributed by atoms with Crippen molar-refractivity contribution in [2.45, 2.75) is 39.3 Å². The monoisotopic (exact) mass is 352 g/mol. The Balaban J connectivity index is 1.73. The highest BCUT2D eigenvalue weighted by molar-refractivity contribution is 6.03. The van der Waals surface area contributed by atoms with Gasteiger partial charge in [-0.1, -0.05) is 31.5 Å². The van der Waals surface area contributed by atoms with Crippen molar-refractivity contribution >= 4 is 17.5 Å². The number of rotatable bonds is 7. The van der Waals surface area contributed by atoms with Crippen molar-refractivity contribution < 1.29 is 14.3 Å². The second-order valence-corrected chi connectivity index (χ2v) is 6.34. The number of carbonyl (C=O) groups excluding carboxylic acids is 2. The number of hydrogen-bond acceptors (Lipinski definition) is 3. The average Bonchev–Trinajstić information content (AvgIpc) is 2.98. The molecule has 2 aromatic rings. The number of nitrogens with one attached hydrogen (secondary N) is 1. The molecule has 1 heterocycles. The Morgan fingerprint density at radius 3 is 2.54 bits per heavy atom. The van der Waals surface area contributed by atoms with Gasteiger partial charge in [0.1, 0.15) is 11.8 Å². The molecule has 2 amide bonds. The molecule has 26 heavy (non-hydrogen) atoms. The molecule has 5 heteroatoms. The fourth-order valence-corrected chi connectivity index (χ4v) is 3.26. The maximum atomic E-state index is 12.9. The predicted octanol–water partition coefficient (Wildman–Crippen LogP) is 3.85. The zero-order chi connectivity index (χ0) is 18.5.